The van der Waals surface area contributed by atoms with E-state index in [4.69, 9.17) is 34.5 Å². The Morgan fingerprint density at radius 2 is 1.96 bits per heavy atom. The Balaban J connectivity index is 2.07. The SMILES string of the molecule is C=C[C@H]1[C@H](O[C@@H]2O[C@H](CO)[C@@H](O)C(O)(O)[C@H]2O[C@H](CO)NC)OC=C(C(=O)OC)[C@H]1C=CC1=CN(CCO)CC(C(=O)O)=C1NC(N)=NCCCO. The lowest BCUT2D eigenvalue weighted by Gasteiger charge is -2.48. The summed E-state index contributed by atoms with van der Waals surface area (Å²) in [5.74, 6) is -7.24. The molecule has 0 radical (unpaired) electrons. The number of carbonyl (C=O) groups is 2. The maximum Gasteiger partial charge on any atom is 0.337 e. The lowest BCUT2D eigenvalue weighted by molar-refractivity contribution is -0.416. The van der Waals surface area contributed by atoms with Crippen molar-refractivity contribution >= 4 is 17.9 Å². The van der Waals surface area contributed by atoms with Gasteiger partial charge in [-0.2, -0.15) is 0 Å². The molecule has 3 aliphatic rings. The molecule has 1 fully saturated rings. The highest BCUT2D eigenvalue weighted by atomic mass is 16.8. The van der Waals surface area contributed by atoms with Gasteiger partial charge in [-0.25, -0.2) is 9.59 Å². The van der Waals surface area contributed by atoms with Gasteiger partial charge < -0.3 is 80.5 Å². The first kappa shape index (κ1) is 42.5. The van der Waals surface area contributed by atoms with Crippen LogP contribution >= 0.6 is 0 Å². The van der Waals surface area contributed by atoms with Gasteiger partial charge >= 0.3 is 11.9 Å². The number of aliphatic imine (C=N–C) groups is 1. The van der Waals surface area contributed by atoms with Gasteiger partial charge in [-0.3, -0.25) is 10.3 Å². The molecule has 0 aromatic carbocycles. The lowest BCUT2D eigenvalue weighted by Crippen LogP contribution is -2.69. The normalized spacial score (nSPS) is 28.5. The number of nitrogens with one attached hydrogen (secondary N) is 2. The Hall–Kier alpha value is -3.93. The number of methoxy groups -OCH3 is 1. The van der Waals surface area contributed by atoms with Crippen LogP contribution in [-0.4, -0.2) is 167 Å². The van der Waals surface area contributed by atoms with Gasteiger partial charge in [-0.15, -0.1) is 6.58 Å². The number of guanidine groups is 1. The van der Waals surface area contributed by atoms with Crippen molar-refractivity contribution in [2.45, 2.75) is 49.3 Å². The second-order valence-electron chi connectivity index (χ2n) is 11.8. The molecule has 1 saturated heterocycles. The van der Waals surface area contributed by atoms with E-state index in [0.717, 1.165) is 13.4 Å². The highest BCUT2D eigenvalue weighted by molar-refractivity contribution is 5.92. The van der Waals surface area contributed by atoms with Crippen LogP contribution in [0.5, 0.6) is 0 Å². The highest BCUT2D eigenvalue weighted by Gasteiger charge is 2.58. The zero-order valence-electron chi connectivity index (χ0n) is 28.8. The minimum absolute atomic E-state index is 0.0237. The molecule has 0 saturated carbocycles. The number of aliphatic hydroxyl groups excluding tert-OH is 5. The van der Waals surface area contributed by atoms with Crippen molar-refractivity contribution in [2.75, 3.05) is 60.2 Å². The van der Waals surface area contributed by atoms with E-state index < -0.39 is 79.9 Å². The number of nitrogens with zero attached hydrogens (tertiary/aromatic N) is 2. The number of hydrogen-bond acceptors (Lipinski definition) is 17. The maximum absolute atomic E-state index is 13.0. The number of carboxylic acid groups (broad SMARTS) is 1. The van der Waals surface area contributed by atoms with Crippen molar-refractivity contribution in [3.8, 4) is 0 Å². The number of esters is 1. The number of aliphatic hydroxyl groups is 7. The van der Waals surface area contributed by atoms with Gasteiger partial charge in [-0.1, -0.05) is 18.2 Å². The first-order chi connectivity index (χ1) is 24.8. The predicted octanol–water partition coefficient (Wildman–Crippen LogP) is -4.11. The van der Waals surface area contributed by atoms with Crippen molar-refractivity contribution < 1.29 is 74.1 Å². The number of β-amino-alcohol motifs (C(OH)–C–C–N with tert-alkyl or cyclic N) is 1. The summed E-state index contributed by atoms with van der Waals surface area (Å²) >= 11 is 0. The average Bonchev–Trinajstić information content (AvgIpc) is 3.12. The second kappa shape index (κ2) is 19.8. The van der Waals surface area contributed by atoms with Crippen LogP contribution in [0.3, 0.4) is 0 Å². The van der Waals surface area contributed by atoms with Crippen LogP contribution in [0.2, 0.25) is 0 Å². The van der Waals surface area contributed by atoms with Gasteiger partial charge in [0.1, 0.15) is 18.4 Å². The van der Waals surface area contributed by atoms with Crippen molar-refractivity contribution in [2.24, 2.45) is 22.6 Å². The molecular weight excluding hydrogens is 694 g/mol. The number of allylic oxidation sites excluding steroid dienone is 2. The summed E-state index contributed by atoms with van der Waals surface area (Å²) in [6.07, 6.45) is -2.58. The molecule has 20 heteroatoms. The molecule has 8 atom stereocenters. The van der Waals surface area contributed by atoms with E-state index in [9.17, 15) is 45.3 Å². The van der Waals surface area contributed by atoms with Gasteiger partial charge in [-0.05, 0) is 13.5 Å². The maximum atomic E-state index is 13.0. The van der Waals surface area contributed by atoms with E-state index in [0.29, 0.717) is 6.42 Å². The molecule has 0 spiro atoms. The minimum Gasteiger partial charge on any atom is -0.478 e. The molecule has 0 aliphatic carbocycles. The number of nitrogens with two attached hydrogens (primary N) is 1. The smallest absolute Gasteiger partial charge is 0.337 e. The Kier molecular flexibility index (Phi) is 16.2. The number of likely N-dealkylation sites (N-methyl/N-ethyl adjacent to an activating group) is 1. The monoisotopic (exact) mass is 743 g/mol. The van der Waals surface area contributed by atoms with Crippen LogP contribution < -0.4 is 16.4 Å². The molecule has 292 valence electrons. The van der Waals surface area contributed by atoms with E-state index in [2.05, 4.69) is 22.2 Å². The number of carboxylic acids is 1. The summed E-state index contributed by atoms with van der Waals surface area (Å²) in [6.45, 7) is 2.06. The Morgan fingerprint density at radius 1 is 1.23 bits per heavy atom. The van der Waals surface area contributed by atoms with Crippen molar-refractivity contribution in [1.29, 1.82) is 0 Å². The van der Waals surface area contributed by atoms with E-state index >= 15 is 0 Å². The first-order valence-corrected chi connectivity index (χ1v) is 16.3. The first-order valence-electron chi connectivity index (χ1n) is 16.3. The number of ether oxygens (including phenoxy) is 5. The molecule has 3 rings (SSSR count). The number of rotatable bonds is 18. The molecule has 0 unspecified atom stereocenters. The highest BCUT2D eigenvalue weighted by Crippen LogP contribution is 2.38. The molecule has 0 amide bonds. The van der Waals surface area contributed by atoms with E-state index in [1.54, 1.807) is 11.1 Å². The standard InChI is InChI=1S/C32H49N5O15/c1-4-18-19(7-6-17-12-37(9-11-39)13-20(27(43)44)24(17)36-31(33)35-8-5-10-38)21(28(45)48-3)16-49-29(18)52-30-26(51-23(15-41)34-2)32(46,47)25(42)22(14-40)50-30/h4,6-7,12,16,18-19,22-23,25-26,29-30,34,38-42,46-47H,1,5,8-11,13-15H2,2-3H3,(H,43,44)(H3,33,35,36)/t18-,19+,22-,23-,25-,26+,29+,30+/m1/s1. The lowest BCUT2D eigenvalue weighted by atomic mass is 9.83. The third-order valence-corrected chi connectivity index (χ3v) is 8.37. The quantitative estimate of drug-likeness (QED) is 0.0159. The molecule has 3 heterocycles. The minimum atomic E-state index is -3.07. The average molecular weight is 744 g/mol. The topological polar surface area (TPSA) is 308 Å². The van der Waals surface area contributed by atoms with Gasteiger partial charge in [0, 0.05) is 37.4 Å². The summed E-state index contributed by atoms with van der Waals surface area (Å²) in [5.41, 5.74) is 6.22. The van der Waals surface area contributed by atoms with Crippen molar-refractivity contribution in [3.63, 3.8) is 0 Å². The van der Waals surface area contributed by atoms with Gasteiger partial charge in [0.2, 0.25) is 12.1 Å². The summed E-state index contributed by atoms with van der Waals surface area (Å²) in [4.78, 5) is 31.0. The summed E-state index contributed by atoms with van der Waals surface area (Å²) in [7, 11) is 2.56. The molecule has 0 bridgehead atoms. The summed E-state index contributed by atoms with van der Waals surface area (Å²) in [5, 5.41) is 86.0. The fraction of sp³-hybridized carbons (Fsp3) is 0.594. The van der Waals surface area contributed by atoms with Crippen LogP contribution in [0.4, 0.5) is 0 Å². The fourth-order valence-electron chi connectivity index (χ4n) is 5.61. The number of hydrogen-bond donors (Lipinski definition) is 11. The number of aliphatic carboxylic acids is 1. The summed E-state index contributed by atoms with van der Waals surface area (Å²) in [6, 6.07) is 0. The molecular formula is C32H49N5O15. The zero-order chi connectivity index (χ0) is 38.6. The molecule has 0 aromatic heterocycles. The summed E-state index contributed by atoms with van der Waals surface area (Å²) < 4.78 is 28.0. The van der Waals surface area contributed by atoms with E-state index in [1.165, 1.54) is 25.3 Å². The van der Waals surface area contributed by atoms with Gasteiger partial charge in [0.05, 0.1) is 62.5 Å². The van der Waals surface area contributed by atoms with Gasteiger partial charge in [0.25, 0.3) is 0 Å². The van der Waals surface area contributed by atoms with E-state index in [-0.39, 0.29) is 61.2 Å². The largest absolute Gasteiger partial charge is 0.478 e. The predicted molar refractivity (Wildman–Crippen MR) is 179 cm³/mol. The van der Waals surface area contributed by atoms with E-state index in [1.807, 2.05) is 0 Å². The third kappa shape index (κ3) is 10.1. The van der Waals surface area contributed by atoms with Crippen LogP contribution in [0.1, 0.15) is 6.42 Å². The molecule has 3 aliphatic heterocycles. The van der Waals surface area contributed by atoms with Crippen molar-refractivity contribution in [1.82, 2.24) is 15.5 Å². The third-order valence-electron chi connectivity index (χ3n) is 8.37. The number of carbonyl (C=O) groups excluding carboxylic acids is 1. The molecule has 52 heavy (non-hydrogen) atoms. The molecule has 20 nitrogen and oxygen atoms in total. The van der Waals surface area contributed by atoms with Crippen LogP contribution in [-0.2, 0) is 33.3 Å². The Morgan fingerprint density at radius 3 is 2.54 bits per heavy atom. The Bertz CT molecular complexity index is 1400. The molecule has 12 N–H and O–H groups in total. The van der Waals surface area contributed by atoms with Crippen LogP contribution in [0, 0.1) is 11.8 Å². The zero-order valence-corrected chi connectivity index (χ0v) is 28.8. The van der Waals surface area contributed by atoms with Crippen LogP contribution in [0.15, 0.2) is 64.7 Å². The molecule has 0 aromatic rings. The Labute approximate surface area is 299 Å². The van der Waals surface area contributed by atoms with Crippen molar-refractivity contribution in [3.05, 3.63) is 59.7 Å². The van der Waals surface area contributed by atoms with Crippen LogP contribution in [0.25, 0.3) is 0 Å². The van der Waals surface area contributed by atoms with Gasteiger partial charge in [0.15, 0.2) is 18.4 Å². The fourth-order valence-corrected chi connectivity index (χ4v) is 5.61. The second-order valence-corrected chi connectivity index (χ2v) is 11.8.